The van der Waals surface area contributed by atoms with Crippen molar-refractivity contribution in [2.24, 2.45) is 0 Å². The third kappa shape index (κ3) is 2.42. The molecule has 0 bridgehead atoms. The van der Waals surface area contributed by atoms with E-state index in [0.717, 1.165) is 22.4 Å². The summed E-state index contributed by atoms with van der Waals surface area (Å²) in [6.45, 7) is 8.67. The smallest absolute Gasteiger partial charge is 0.322 e. The first-order valence-corrected chi connectivity index (χ1v) is 7.68. The van der Waals surface area contributed by atoms with Crippen LogP contribution in [0.2, 0.25) is 0 Å². The number of rotatable bonds is 3. The molecule has 5 nitrogen and oxygen atoms in total. The van der Waals surface area contributed by atoms with Gasteiger partial charge in [0.2, 0.25) is 0 Å². The van der Waals surface area contributed by atoms with Crippen molar-refractivity contribution in [3.8, 4) is 0 Å². The van der Waals surface area contributed by atoms with Gasteiger partial charge in [-0.1, -0.05) is 29.8 Å². The second-order valence-electron chi connectivity index (χ2n) is 6.14. The molecule has 0 fully saturated rings. The number of benzene rings is 1. The topological polar surface area (TPSA) is 52.7 Å². The van der Waals surface area contributed by atoms with E-state index >= 15 is 0 Å². The van der Waals surface area contributed by atoms with Gasteiger partial charge in [0.1, 0.15) is 0 Å². The zero-order valence-corrected chi connectivity index (χ0v) is 13.7. The number of amides is 3. The van der Waals surface area contributed by atoms with Crippen molar-refractivity contribution in [2.75, 3.05) is 20.1 Å². The Morgan fingerprint density at radius 2 is 2.09 bits per heavy atom. The van der Waals surface area contributed by atoms with Crippen molar-refractivity contribution in [3.05, 3.63) is 58.8 Å². The van der Waals surface area contributed by atoms with E-state index in [1.54, 1.807) is 18.0 Å². The van der Waals surface area contributed by atoms with Gasteiger partial charge in [-0.2, -0.15) is 0 Å². The van der Waals surface area contributed by atoms with Gasteiger partial charge >= 0.3 is 6.03 Å². The molecule has 1 aromatic carbocycles. The van der Waals surface area contributed by atoms with Gasteiger partial charge in [-0.25, -0.2) is 4.79 Å². The van der Waals surface area contributed by atoms with E-state index in [9.17, 15) is 9.59 Å². The van der Waals surface area contributed by atoms with Crippen LogP contribution in [0.15, 0.2) is 42.1 Å². The maximum atomic E-state index is 12.8. The molecule has 0 saturated heterocycles. The normalized spacial score (nSPS) is 20.7. The lowest BCUT2D eigenvalue weighted by molar-refractivity contribution is -0.125. The van der Waals surface area contributed by atoms with Gasteiger partial charge in [0.25, 0.3) is 5.91 Å². The fourth-order valence-electron chi connectivity index (χ4n) is 3.31. The van der Waals surface area contributed by atoms with E-state index in [0.29, 0.717) is 18.7 Å². The van der Waals surface area contributed by atoms with Gasteiger partial charge in [0, 0.05) is 13.6 Å². The molecule has 2 aliphatic rings. The van der Waals surface area contributed by atoms with E-state index < -0.39 is 6.04 Å². The quantitative estimate of drug-likeness (QED) is 0.871. The summed E-state index contributed by atoms with van der Waals surface area (Å²) in [4.78, 5) is 28.3. The average Bonchev–Trinajstić information content (AvgIpc) is 2.82. The number of carbonyl (C=O) groups excluding carboxylic acids is 2. The Balaban J connectivity index is 2.08. The first kappa shape index (κ1) is 15.3. The number of likely N-dealkylation sites (N-methyl/N-ethyl adjacent to an activating group) is 1. The third-order valence-corrected chi connectivity index (χ3v) is 4.52. The third-order valence-electron chi connectivity index (χ3n) is 4.52. The molecule has 120 valence electrons. The molecule has 1 aromatic rings. The van der Waals surface area contributed by atoms with E-state index in [1.807, 2.05) is 26.0 Å². The number of hydrogen-bond acceptors (Lipinski definition) is 2. The first-order chi connectivity index (χ1) is 10.9. The van der Waals surface area contributed by atoms with E-state index in [1.165, 1.54) is 4.90 Å². The highest BCUT2D eigenvalue weighted by Crippen LogP contribution is 2.36. The van der Waals surface area contributed by atoms with E-state index in [4.69, 9.17) is 0 Å². The maximum Gasteiger partial charge on any atom is 0.322 e. The van der Waals surface area contributed by atoms with Gasteiger partial charge in [-0.3, -0.25) is 9.69 Å². The second-order valence-corrected chi connectivity index (χ2v) is 6.14. The van der Waals surface area contributed by atoms with Crippen LogP contribution in [0.5, 0.6) is 0 Å². The van der Waals surface area contributed by atoms with Gasteiger partial charge in [0.05, 0.1) is 23.9 Å². The Morgan fingerprint density at radius 3 is 2.74 bits per heavy atom. The predicted octanol–water partition coefficient (Wildman–Crippen LogP) is 2.28. The summed E-state index contributed by atoms with van der Waals surface area (Å²) in [6, 6.07) is 5.50. The summed E-state index contributed by atoms with van der Waals surface area (Å²) in [5.41, 5.74) is 4.65. The lowest BCUT2D eigenvalue weighted by Gasteiger charge is -2.31. The first-order valence-electron chi connectivity index (χ1n) is 7.68. The van der Waals surface area contributed by atoms with Crippen LogP contribution in [-0.4, -0.2) is 41.9 Å². The highest BCUT2D eigenvalue weighted by atomic mass is 16.2. The Bertz CT molecular complexity index is 736. The number of aryl methyl sites for hydroxylation is 2. The molecule has 5 heteroatoms. The Morgan fingerprint density at radius 1 is 1.35 bits per heavy atom. The minimum absolute atomic E-state index is 0.0308. The summed E-state index contributed by atoms with van der Waals surface area (Å²) in [7, 11) is 1.70. The molecule has 23 heavy (non-hydrogen) atoms. The summed E-state index contributed by atoms with van der Waals surface area (Å²) in [6.07, 6.45) is 1.71. The zero-order valence-electron chi connectivity index (χ0n) is 13.7. The van der Waals surface area contributed by atoms with Crippen LogP contribution in [0.1, 0.15) is 22.7 Å². The summed E-state index contributed by atoms with van der Waals surface area (Å²) in [5.74, 6) is -0.0308. The minimum Gasteiger partial charge on any atom is -0.329 e. The summed E-state index contributed by atoms with van der Waals surface area (Å²) < 4.78 is 0. The fraction of sp³-hybridized carbons (Fsp3) is 0.333. The zero-order chi connectivity index (χ0) is 16.7. The number of hydrogen-bond donors (Lipinski definition) is 1. The van der Waals surface area contributed by atoms with Gasteiger partial charge in [0.15, 0.2) is 0 Å². The number of carbonyl (C=O) groups is 2. The summed E-state index contributed by atoms with van der Waals surface area (Å²) in [5, 5.41) is 2.96. The van der Waals surface area contributed by atoms with Crippen molar-refractivity contribution in [3.63, 3.8) is 0 Å². The summed E-state index contributed by atoms with van der Waals surface area (Å²) >= 11 is 0. The molecule has 1 N–H and O–H groups in total. The molecule has 0 aromatic heterocycles. The SMILES string of the molecule is C=CCN1CC2=C(C1=O)C(c1ccc(C)cc1C)NC(=O)N2C. The van der Waals surface area contributed by atoms with Gasteiger partial charge in [-0.15, -0.1) is 6.58 Å². The standard InChI is InChI=1S/C18H21N3O2/c1-5-8-21-10-14-15(17(21)22)16(19-18(23)20(14)4)13-7-6-11(2)9-12(13)3/h5-7,9,16H,1,8,10H2,2-4H3,(H,19,23). The Kier molecular flexibility index (Phi) is 3.72. The molecule has 3 rings (SSSR count). The lowest BCUT2D eigenvalue weighted by atomic mass is 9.91. The van der Waals surface area contributed by atoms with Crippen molar-refractivity contribution in [2.45, 2.75) is 19.9 Å². The molecule has 0 radical (unpaired) electrons. The van der Waals surface area contributed by atoms with Crippen LogP contribution in [0, 0.1) is 13.8 Å². The molecule has 2 heterocycles. The number of nitrogens with one attached hydrogen (secondary N) is 1. The van der Waals surface area contributed by atoms with Crippen LogP contribution in [0.4, 0.5) is 4.79 Å². The Hall–Kier alpha value is -2.56. The van der Waals surface area contributed by atoms with Crippen molar-refractivity contribution >= 4 is 11.9 Å². The number of nitrogens with zero attached hydrogens (tertiary/aromatic N) is 2. The lowest BCUT2D eigenvalue weighted by Crippen LogP contribution is -2.45. The van der Waals surface area contributed by atoms with Crippen molar-refractivity contribution < 1.29 is 9.59 Å². The molecule has 0 saturated carbocycles. The van der Waals surface area contributed by atoms with Crippen LogP contribution < -0.4 is 5.32 Å². The monoisotopic (exact) mass is 311 g/mol. The van der Waals surface area contributed by atoms with Crippen LogP contribution in [0.25, 0.3) is 0 Å². The second kappa shape index (κ2) is 5.57. The van der Waals surface area contributed by atoms with Crippen molar-refractivity contribution in [1.29, 1.82) is 0 Å². The average molecular weight is 311 g/mol. The van der Waals surface area contributed by atoms with Gasteiger partial charge < -0.3 is 10.2 Å². The highest BCUT2D eigenvalue weighted by molar-refractivity contribution is 6.01. The van der Waals surface area contributed by atoms with Crippen LogP contribution in [0.3, 0.4) is 0 Å². The number of urea groups is 1. The molecule has 3 amide bonds. The Labute approximate surface area is 136 Å². The predicted molar refractivity (Wildman–Crippen MR) is 88.8 cm³/mol. The molecule has 1 unspecified atom stereocenters. The molecule has 1 atom stereocenters. The fourth-order valence-corrected chi connectivity index (χ4v) is 3.31. The van der Waals surface area contributed by atoms with Crippen LogP contribution >= 0.6 is 0 Å². The molecule has 0 spiro atoms. The van der Waals surface area contributed by atoms with E-state index in [-0.39, 0.29) is 11.9 Å². The minimum atomic E-state index is -0.392. The molecule has 2 aliphatic heterocycles. The van der Waals surface area contributed by atoms with E-state index in [2.05, 4.69) is 18.0 Å². The van der Waals surface area contributed by atoms with Crippen LogP contribution in [-0.2, 0) is 4.79 Å². The molecular formula is C18H21N3O2. The largest absolute Gasteiger partial charge is 0.329 e. The molecular weight excluding hydrogens is 290 g/mol. The molecule has 0 aliphatic carbocycles. The van der Waals surface area contributed by atoms with Gasteiger partial charge in [-0.05, 0) is 25.0 Å². The maximum absolute atomic E-state index is 12.8. The highest BCUT2D eigenvalue weighted by Gasteiger charge is 2.42. The van der Waals surface area contributed by atoms with Crippen molar-refractivity contribution in [1.82, 2.24) is 15.1 Å².